The van der Waals surface area contributed by atoms with Gasteiger partial charge >= 0.3 is 11.9 Å². The molecule has 14 nitrogen and oxygen atoms in total. The summed E-state index contributed by atoms with van der Waals surface area (Å²) in [5.41, 5.74) is 5.95. The fourth-order valence-electron chi connectivity index (χ4n) is 4.32. The van der Waals surface area contributed by atoms with Crippen LogP contribution in [0.15, 0.2) is 0 Å². The summed E-state index contributed by atoms with van der Waals surface area (Å²) in [4.78, 5) is 75.6. The normalized spacial score (nSPS) is 18.8. The van der Waals surface area contributed by atoms with Gasteiger partial charge < -0.3 is 41.9 Å². The molecule has 0 bridgehead atoms. The molecule has 6 atom stereocenters. The van der Waals surface area contributed by atoms with Crippen molar-refractivity contribution in [2.24, 2.45) is 11.7 Å². The molecule has 228 valence electrons. The summed E-state index contributed by atoms with van der Waals surface area (Å²) in [6.07, 6.45) is 0.942. The zero-order valence-electron chi connectivity index (χ0n) is 23.4. The molecule has 1 rings (SSSR count). The number of amides is 4. The van der Waals surface area contributed by atoms with E-state index in [9.17, 15) is 39.0 Å². The number of carboxylic acid groups (broad SMARTS) is 2. The van der Waals surface area contributed by atoms with Gasteiger partial charge in [0.1, 0.15) is 24.2 Å². The molecule has 40 heavy (non-hydrogen) atoms. The van der Waals surface area contributed by atoms with Crippen LogP contribution < -0.4 is 21.7 Å². The Kier molecular flexibility index (Phi) is 14.9. The number of rotatable bonds is 17. The molecule has 4 amide bonds. The lowest BCUT2D eigenvalue weighted by Gasteiger charge is -2.31. The Morgan fingerprint density at radius 1 is 0.975 bits per heavy atom. The molecule has 1 aliphatic heterocycles. The Balaban J connectivity index is 3.02. The Labute approximate surface area is 238 Å². The van der Waals surface area contributed by atoms with Crippen molar-refractivity contribution in [3.8, 4) is 0 Å². The number of nitrogens with two attached hydrogens (primary N) is 1. The number of aliphatic hydroxyl groups excluding tert-OH is 1. The first-order valence-electron chi connectivity index (χ1n) is 13.3. The fraction of sp³-hybridized carbons (Fsp3) is 0.760. The molecule has 0 aromatic heterocycles. The zero-order valence-corrected chi connectivity index (χ0v) is 24.2. The van der Waals surface area contributed by atoms with Crippen LogP contribution in [0, 0.1) is 5.92 Å². The molecule has 0 spiro atoms. The van der Waals surface area contributed by atoms with Gasteiger partial charge in [-0.05, 0) is 57.0 Å². The minimum absolute atomic E-state index is 0.125. The van der Waals surface area contributed by atoms with E-state index in [1.165, 1.54) is 18.7 Å². The second-order valence-corrected chi connectivity index (χ2v) is 11.3. The van der Waals surface area contributed by atoms with Crippen molar-refractivity contribution < 1.29 is 44.1 Å². The summed E-state index contributed by atoms with van der Waals surface area (Å²) in [6.45, 7) is 5.25. The molecule has 15 heteroatoms. The van der Waals surface area contributed by atoms with E-state index in [2.05, 4.69) is 16.0 Å². The van der Waals surface area contributed by atoms with E-state index >= 15 is 0 Å². The summed E-state index contributed by atoms with van der Waals surface area (Å²) in [5, 5.41) is 36.0. The van der Waals surface area contributed by atoms with Gasteiger partial charge in [-0.2, -0.15) is 11.8 Å². The fourth-order valence-corrected chi connectivity index (χ4v) is 4.79. The molecule has 0 aromatic rings. The van der Waals surface area contributed by atoms with E-state index in [1.807, 2.05) is 20.1 Å². The van der Waals surface area contributed by atoms with Crippen molar-refractivity contribution in [1.29, 1.82) is 0 Å². The molecule has 1 aliphatic rings. The van der Waals surface area contributed by atoms with E-state index in [4.69, 9.17) is 10.8 Å². The second-order valence-electron chi connectivity index (χ2n) is 10.3. The highest BCUT2D eigenvalue weighted by Crippen LogP contribution is 2.20. The van der Waals surface area contributed by atoms with Gasteiger partial charge in [-0.25, -0.2) is 4.79 Å². The number of likely N-dealkylation sites (tertiary alicyclic amines) is 1. The molecule has 0 unspecified atom stereocenters. The lowest BCUT2D eigenvalue weighted by molar-refractivity contribution is -0.146. The lowest BCUT2D eigenvalue weighted by Crippen LogP contribution is -2.60. The summed E-state index contributed by atoms with van der Waals surface area (Å²) in [7, 11) is 0. The molecular formula is C25H43N5O9S. The maximum atomic E-state index is 13.4. The molecule has 8 N–H and O–H groups in total. The Morgan fingerprint density at radius 3 is 2.15 bits per heavy atom. The maximum Gasteiger partial charge on any atom is 0.326 e. The van der Waals surface area contributed by atoms with E-state index in [0.717, 1.165) is 4.90 Å². The number of hydrogen-bond donors (Lipinski definition) is 7. The average Bonchev–Trinajstić information content (AvgIpc) is 3.36. The van der Waals surface area contributed by atoms with Crippen LogP contribution in [0.2, 0.25) is 0 Å². The van der Waals surface area contributed by atoms with Crippen LogP contribution in [0.3, 0.4) is 0 Å². The smallest absolute Gasteiger partial charge is 0.326 e. The number of carboxylic acids is 2. The number of nitrogens with zero attached hydrogens (tertiary/aromatic N) is 1. The van der Waals surface area contributed by atoms with Crippen LogP contribution in [0.25, 0.3) is 0 Å². The van der Waals surface area contributed by atoms with Crippen LogP contribution >= 0.6 is 11.8 Å². The monoisotopic (exact) mass is 589 g/mol. The minimum atomic E-state index is -1.46. The van der Waals surface area contributed by atoms with Crippen molar-refractivity contribution in [2.75, 3.05) is 18.6 Å². The first-order valence-corrected chi connectivity index (χ1v) is 14.7. The third kappa shape index (κ3) is 11.3. The molecular weight excluding hydrogens is 546 g/mol. The third-order valence-corrected chi connectivity index (χ3v) is 7.10. The van der Waals surface area contributed by atoms with E-state index in [0.29, 0.717) is 18.6 Å². The standard InChI is InChI=1S/C25H43N5O9S/c1-13(2)12-15(26)21(34)27-16(9-11-40-4)22(35)29-20(14(3)31)24(37)30-10-5-6-18(30)23(36)28-17(25(38)39)7-8-19(32)33/h13-18,20,31H,5-12,26H2,1-4H3,(H,27,34)(H,28,36)(H,29,35)(H,32,33)(H,38,39)/t14-,15+,16+,17+,18+,20+/m1/s1. The van der Waals surface area contributed by atoms with Crippen LogP contribution in [0.5, 0.6) is 0 Å². The highest BCUT2D eigenvalue weighted by atomic mass is 32.2. The predicted molar refractivity (Wildman–Crippen MR) is 147 cm³/mol. The molecule has 0 saturated carbocycles. The van der Waals surface area contributed by atoms with Gasteiger partial charge in [-0.1, -0.05) is 13.8 Å². The molecule has 1 fully saturated rings. The maximum absolute atomic E-state index is 13.4. The van der Waals surface area contributed by atoms with Crippen molar-refractivity contribution in [3.63, 3.8) is 0 Å². The molecule has 0 aliphatic carbocycles. The topological polar surface area (TPSA) is 228 Å². The quantitative estimate of drug-likeness (QED) is 0.108. The van der Waals surface area contributed by atoms with Gasteiger partial charge in [0.2, 0.25) is 23.6 Å². The number of aliphatic hydroxyl groups is 1. The van der Waals surface area contributed by atoms with Crippen LogP contribution in [-0.2, 0) is 28.8 Å². The van der Waals surface area contributed by atoms with Gasteiger partial charge in [0.05, 0.1) is 12.1 Å². The van der Waals surface area contributed by atoms with Gasteiger partial charge in [0.25, 0.3) is 0 Å². The van der Waals surface area contributed by atoms with Crippen molar-refractivity contribution >= 4 is 47.3 Å². The number of carbonyl (C=O) groups is 6. The molecule has 1 saturated heterocycles. The zero-order chi connectivity index (χ0) is 30.6. The Morgan fingerprint density at radius 2 is 1.62 bits per heavy atom. The Hall–Kier alpha value is -2.91. The number of aliphatic carboxylic acids is 2. The minimum Gasteiger partial charge on any atom is -0.481 e. The highest BCUT2D eigenvalue weighted by molar-refractivity contribution is 7.98. The number of nitrogens with one attached hydrogen (secondary N) is 3. The first kappa shape index (κ1) is 35.1. The lowest BCUT2D eigenvalue weighted by atomic mass is 10.0. The average molecular weight is 590 g/mol. The molecule has 0 radical (unpaired) electrons. The van der Waals surface area contributed by atoms with Crippen molar-refractivity contribution in [3.05, 3.63) is 0 Å². The summed E-state index contributed by atoms with van der Waals surface area (Å²) >= 11 is 1.45. The molecule has 1 heterocycles. The van der Waals surface area contributed by atoms with Gasteiger partial charge in [-0.3, -0.25) is 24.0 Å². The van der Waals surface area contributed by atoms with Gasteiger partial charge in [-0.15, -0.1) is 0 Å². The number of hydrogen-bond acceptors (Lipinski definition) is 9. The number of thioether (sulfide) groups is 1. The first-order chi connectivity index (χ1) is 18.7. The number of carbonyl (C=O) groups excluding carboxylic acids is 4. The molecule has 0 aromatic carbocycles. The van der Waals surface area contributed by atoms with Crippen molar-refractivity contribution in [2.45, 2.75) is 95.6 Å². The van der Waals surface area contributed by atoms with E-state index in [-0.39, 0.29) is 31.7 Å². The highest BCUT2D eigenvalue weighted by Gasteiger charge is 2.41. The predicted octanol–water partition coefficient (Wildman–Crippen LogP) is -1.11. The third-order valence-electron chi connectivity index (χ3n) is 6.45. The van der Waals surface area contributed by atoms with Crippen LogP contribution in [0.1, 0.15) is 59.3 Å². The van der Waals surface area contributed by atoms with E-state index < -0.39 is 78.3 Å². The van der Waals surface area contributed by atoms with Crippen LogP contribution in [-0.4, -0.2) is 111 Å². The largest absolute Gasteiger partial charge is 0.481 e. The summed E-state index contributed by atoms with van der Waals surface area (Å²) < 4.78 is 0. The second kappa shape index (κ2) is 17.0. The van der Waals surface area contributed by atoms with Crippen LogP contribution in [0.4, 0.5) is 0 Å². The van der Waals surface area contributed by atoms with Gasteiger partial charge in [0.15, 0.2) is 0 Å². The summed E-state index contributed by atoms with van der Waals surface area (Å²) in [6, 6.07) is -5.82. The van der Waals surface area contributed by atoms with Crippen molar-refractivity contribution in [1.82, 2.24) is 20.9 Å². The SMILES string of the molecule is CSCC[C@H](NC(=O)[C@@H](N)CC(C)C)C(=O)N[C@H](C(=O)N1CCC[C@H]1C(=O)N[C@@H](CCC(=O)O)C(=O)O)[C@@H](C)O. The van der Waals surface area contributed by atoms with E-state index in [1.54, 1.807) is 0 Å². The summed E-state index contributed by atoms with van der Waals surface area (Å²) in [5.74, 6) is -4.68. The Bertz CT molecular complexity index is 917. The van der Waals surface area contributed by atoms with Gasteiger partial charge in [0, 0.05) is 13.0 Å².